The number of aryl methyl sites for hydroxylation is 1. The van der Waals surface area contributed by atoms with Gasteiger partial charge in [-0.2, -0.15) is 0 Å². The summed E-state index contributed by atoms with van der Waals surface area (Å²) in [7, 11) is 0. The SMILES string of the molecule is Cc1cc(/C=C2\C(=O)NC(=O)N(c3ccc(Cl)c(Cl)c3)C2=O)c(C)n1-c1ccc(N2CCOCC2)cc1. The molecule has 0 atom stereocenters. The van der Waals surface area contributed by atoms with Crippen LogP contribution in [0.2, 0.25) is 10.0 Å². The van der Waals surface area contributed by atoms with Crippen molar-refractivity contribution in [2.75, 3.05) is 36.1 Å². The van der Waals surface area contributed by atoms with Crippen molar-refractivity contribution in [3.63, 3.8) is 0 Å². The van der Waals surface area contributed by atoms with Crippen LogP contribution in [0.5, 0.6) is 0 Å². The first kappa shape index (κ1) is 25.1. The molecule has 0 unspecified atom stereocenters. The van der Waals surface area contributed by atoms with Gasteiger partial charge in [0.2, 0.25) is 0 Å². The highest BCUT2D eigenvalue weighted by Gasteiger charge is 2.37. The molecule has 4 amide bonds. The van der Waals surface area contributed by atoms with E-state index in [-0.39, 0.29) is 21.3 Å². The van der Waals surface area contributed by atoms with Gasteiger partial charge in [-0.05, 0) is 74.0 Å². The maximum atomic E-state index is 13.3. The molecule has 0 aliphatic carbocycles. The minimum absolute atomic E-state index is 0.159. The molecule has 5 rings (SSSR count). The monoisotopic (exact) mass is 538 g/mol. The first-order chi connectivity index (χ1) is 17.7. The molecule has 0 bridgehead atoms. The van der Waals surface area contributed by atoms with Gasteiger partial charge in [-0.3, -0.25) is 14.9 Å². The van der Waals surface area contributed by atoms with Gasteiger partial charge in [-0.25, -0.2) is 9.69 Å². The van der Waals surface area contributed by atoms with Gasteiger partial charge >= 0.3 is 6.03 Å². The summed E-state index contributed by atoms with van der Waals surface area (Å²) in [5.41, 5.74) is 4.62. The minimum atomic E-state index is -0.851. The van der Waals surface area contributed by atoms with Crippen molar-refractivity contribution in [1.29, 1.82) is 0 Å². The number of barbiturate groups is 1. The number of morpholine rings is 1. The Kier molecular flexibility index (Phi) is 6.81. The number of halogens is 2. The number of anilines is 2. The van der Waals surface area contributed by atoms with Gasteiger partial charge in [0.15, 0.2) is 0 Å². The van der Waals surface area contributed by atoms with E-state index in [9.17, 15) is 14.4 Å². The summed E-state index contributed by atoms with van der Waals surface area (Å²) in [6, 6.07) is 13.7. The van der Waals surface area contributed by atoms with Crippen LogP contribution >= 0.6 is 23.2 Å². The van der Waals surface area contributed by atoms with Gasteiger partial charge in [0.25, 0.3) is 11.8 Å². The fourth-order valence-corrected chi connectivity index (χ4v) is 4.93. The van der Waals surface area contributed by atoms with Crippen LogP contribution in [0.1, 0.15) is 17.0 Å². The van der Waals surface area contributed by atoms with E-state index in [0.29, 0.717) is 5.56 Å². The van der Waals surface area contributed by atoms with E-state index in [4.69, 9.17) is 27.9 Å². The maximum Gasteiger partial charge on any atom is 0.335 e. The molecule has 2 saturated heterocycles. The van der Waals surface area contributed by atoms with Gasteiger partial charge in [0, 0.05) is 35.9 Å². The van der Waals surface area contributed by atoms with Gasteiger partial charge in [0.1, 0.15) is 5.57 Å². The number of ether oxygens (including phenoxy) is 1. The average molecular weight is 539 g/mol. The van der Waals surface area contributed by atoms with Gasteiger partial charge in [0.05, 0.1) is 28.9 Å². The number of rotatable bonds is 4. The van der Waals surface area contributed by atoms with Crippen LogP contribution in [0, 0.1) is 13.8 Å². The Labute approximate surface area is 224 Å². The second-order valence-electron chi connectivity index (χ2n) is 8.83. The molecule has 3 aromatic rings. The average Bonchev–Trinajstić information content (AvgIpc) is 3.17. The smallest absolute Gasteiger partial charge is 0.335 e. The van der Waals surface area contributed by atoms with Gasteiger partial charge in [-0.1, -0.05) is 23.2 Å². The van der Waals surface area contributed by atoms with Crippen LogP contribution in [0.15, 0.2) is 54.1 Å². The van der Waals surface area contributed by atoms with Crippen molar-refractivity contribution >= 4 is 58.5 Å². The summed E-state index contributed by atoms with van der Waals surface area (Å²) < 4.78 is 7.50. The topological polar surface area (TPSA) is 83.9 Å². The Morgan fingerprint density at radius 3 is 2.19 bits per heavy atom. The van der Waals surface area contributed by atoms with Gasteiger partial charge < -0.3 is 14.2 Å². The van der Waals surface area contributed by atoms with E-state index >= 15 is 0 Å². The Balaban J connectivity index is 1.46. The van der Waals surface area contributed by atoms with Crippen LogP contribution in [-0.4, -0.2) is 48.7 Å². The highest BCUT2D eigenvalue weighted by atomic mass is 35.5. The largest absolute Gasteiger partial charge is 0.378 e. The Bertz CT molecular complexity index is 1440. The second kappa shape index (κ2) is 10.0. The quantitative estimate of drug-likeness (QED) is 0.377. The number of hydrogen-bond acceptors (Lipinski definition) is 5. The van der Waals surface area contributed by atoms with Crippen LogP contribution in [0.4, 0.5) is 16.2 Å². The summed E-state index contributed by atoms with van der Waals surface area (Å²) in [5, 5.41) is 2.71. The number of imide groups is 2. The molecule has 0 radical (unpaired) electrons. The fourth-order valence-electron chi connectivity index (χ4n) is 4.64. The van der Waals surface area contributed by atoms with E-state index in [0.717, 1.165) is 54.0 Å². The second-order valence-corrected chi connectivity index (χ2v) is 9.65. The summed E-state index contributed by atoms with van der Waals surface area (Å²) in [4.78, 5) is 41.6. The molecule has 0 spiro atoms. The lowest BCUT2D eigenvalue weighted by Crippen LogP contribution is -2.54. The van der Waals surface area contributed by atoms with Crippen molar-refractivity contribution in [1.82, 2.24) is 9.88 Å². The fraction of sp³-hybridized carbons (Fsp3) is 0.222. The highest BCUT2D eigenvalue weighted by Crippen LogP contribution is 2.30. The molecule has 190 valence electrons. The molecular formula is C27H24Cl2N4O4. The number of benzene rings is 2. The highest BCUT2D eigenvalue weighted by molar-refractivity contribution is 6.43. The van der Waals surface area contributed by atoms with Crippen LogP contribution in [0.3, 0.4) is 0 Å². The first-order valence-electron chi connectivity index (χ1n) is 11.7. The number of amides is 4. The van der Waals surface area contributed by atoms with E-state index in [1.165, 1.54) is 24.3 Å². The van der Waals surface area contributed by atoms with E-state index in [2.05, 4.69) is 26.9 Å². The summed E-state index contributed by atoms with van der Waals surface area (Å²) in [5.74, 6) is -1.50. The number of carbonyl (C=O) groups excluding carboxylic acids is 3. The molecule has 1 aromatic heterocycles. The molecule has 2 aromatic carbocycles. The van der Waals surface area contributed by atoms with Crippen LogP contribution in [-0.2, 0) is 14.3 Å². The van der Waals surface area contributed by atoms with Crippen LogP contribution < -0.4 is 15.1 Å². The van der Waals surface area contributed by atoms with Crippen molar-refractivity contribution in [3.05, 3.63) is 81.1 Å². The molecule has 1 N–H and O–H groups in total. The zero-order chi connectivity index (χ0) is 26.3. The van der Waals surface area contributed by atoms with E-state index in [1.54, 1.807) is 0 Å². The molecule has 3 heterocycles. The molecule has 2 fully saturated rings. The van der Waals surface area contributed by atoms with Crippen molar-refractivity contribution in [3.8, 4) is 5.69 Å². The third-order valence-electron chi connectivity index (χ3n) is 6.52. The van der Waals surface area contributed by atoms with Crippen molar-refractivity contribution in [2.45, 2.75) is 13.8 Å². The van der Waals surface area contributed by atoms with E-state index < -0.39 is 17.8 Å². The predicted octanol–water partition coefficient (Wildman–Crippen LogP) is 4.90. The maximum absolute atomic E-state index is 13.3. The molecule has 0 saturated carbocycles. The Morgan fingerprint density at radius 1 is 0.865 bits per heavy atom. The molecule has 10 heteroatoms. The summed E-state index contributed by atoms with van der Waals surface area (Å²) in [6.45, 7) is 7.03. The number of nitrogens with one attached hydrogen (secondary N) is 1. The third kappa shape index (κ3) is 4.75. The predicted molar refractivity (Wildman–Crippen MR) is 144 cm³/mol. The lowest BCUT2D eigenvalue weighted by molar-refractivity contribution is -0.122. The summed E-state index contributed by atoms with van der Waals surface area (Å²) >= 11 is 12.1. The Morgan fingerprint density at radius 2 is 1.51 bits per heavy atom. The number of nitrogens with zero attached hydrogens (tertiary/aromatic N) is 3. The third-order valence-corrected chi connectivity index (χ3v) is 7.26. The minimum Gasteiger partial charge on any atom is -0.378 e. The lowest BCUT2D eigenvalue weighted by Gasteiger charge is -2.29. The zero-order valence-electron chi connectivity index (χ0n) is 20.3. The van der Waals surface area contributed by atoms with Crippen molar-refractivity contribution < 1.29 is 19.1 Å². The summed E-state index contributed by atoms with van der Waals surface area (Å²) in [6.07, 6.45) is 1.51. The van der Waals surface area contributed by atoms with E-state index in [1.807, 2.05) is 32.0 Å². The first-order valence-corrected chi connectivity index (χ1v) is 12.5. The Hall–Kier alpha value is -3.59. The zero-order valence-corrected chi connectivity index (χ0v) is 21.8. The standard InChI is InChI=1S/C27H24Cl2N4O4/c1-16-13-18(17(2)32(16)20-5-3-19(4-6-20)31-9-11-37-12-10-31)14-22-25(34)30-27(36)33(26(22)35)21-7-8-23(28)24(29)15-21/h3-8,13-15H,9-12H2,1-2H3,(H,30,34,36)/b22-14+. The number of urea groups is 1. The molecule has 8 nitrogen and oxygen atoms in total. The molecule has 2 aliphatic heterocycles. The molecular weight excluding hydrogens is 515 g/mol. The molecule has 37 heavy (non-hydrogen) atoms. The van der Waals surface area contributed by atoms with Gasteiger partial charge in [-0.15, -0.1) is 0 Å². The number of aromatic nitrogens is 1. The van der Waals surface area contributed by atoms with Crippen molar-refractivity contribution in [2.24, 2.45) is 0 Å². The lowest BCUT2D eigenvalue weighted by atomic mass is 10.1. The molecule has 2 aliphatic rings. The van der Waals surface area contributed by atoms with Crippen LogP contribution in [0.25, 0.3) is 11.8 Å². The number of carbonyl (C=O) groups is 3. The normalized spacial score (nSPS) is 17.5. The number of hydrogen-bond donors (Lipinski definition) is 1.